The number of benzene rings is 1. The van der Waals surface area contributed by atoms with E-state index >= 15 is 0 Å². The summed E-state index contributed by atoms with van der Waals surface area (Å²) < 4.78 is 11.2. The first-order chi connectivity index (χ1) is 9.56. The van der Waals surface area contributed by atoms with Gasteiger partial charge in [-0.2, -0.15) is 11.8 Å². The Balaban J connectivity index is 1.84. The zero-order chi connectivity index (χ0) is 14.5. The molecule has 0 radical (unpaired) electrons. The molecule has 112 valence electrons. The van der Waals surface area contributed by atoms with Crippen molar-refractivity contribution in [2.45, 2.75) is 50.7 Å². The first kappa shape index (κ1) is 15.7. The van der Waals surface area contributed by atoms with Crippen molar-refractivity contribution in [2.24, 2.45) is 5.73 Å². The molecule has 0 aromatic heterocycles. The van der Waals surface area contributed by atoms with Crippen molar-refractivity contribution in [3.05, 3.63) is 29.8 Å². The van der Waals surface area contributed by atoms with Crippen LogP contribution in [0.4, 0.5) is 0 Å². The zero-order valence-electron chi connectivity index (χ0n) is 12.5. The molecule has 0 bridgehead atoms. The third-order valence-electron chi connectivity index (χ3n) is 3.48. The van der Waals surface area contributed by atoms with E-state index < -0.39 is 0 Å². The lowest BCUT2D eigenvalue weighted by atomic mass is 10.1. The van der Waals surface area contributed by atoms with Gasteiger partial charge >= 0.3 is 0 Å². The van der Waals surface area contributed by atoms with Crippen LogP contribution in [0.25, 0.3) is 0 Å². The Kier molecular flexibility index (Phi) is 5.75. The second-order valence-corrected chi connectivity index (χ2v) is 6.85. The molecule has 1 saturated heterocycles. The van der Waals surface area contributed by atoms with Crippen LogP contribution in [0.3, 0.4) is 0 Å². The molecule has 0 spiro atoms. The van der Waals surface area contributed by atoms with Crippen molar-refractivity contribution in [1.82, 2.24) is 0 Å². The fraction of sp³-hybridized carbons (Fsp3) is 0.625. The van der Waals surface area contributed by atoms with Crippen LogP contribution < -0.4 is 10.5 Å². The van der Waals surface area contributed by atoms with E-state index in [4.69, 9.17) is 15.2 Å². The molecule has 1 aromatic rings. The minimum Gasteiger partial charge on any atom is -0.491 e. The number of ether oxygens (including phenoxy) is 2. The standard InChI is InChI=1S/C16H25NO2S/c1-11(2)19-14-6-4-13(5-7-14)15(17)10-20-16-8-9-18-12(16)3/h4-7,11-12,15-16H,8-10,17H2,1-3H3. The number of rotatable bonds is 6. The van der Waals surface area contributed by atoms with Crippen LogP contribution in [-0.4, -0.2) is 29.8 Å². The molecule has 2 N–H and O–H groups in total. The highest BCUT2D eigenvalue weighted by molar-refractivity contribution is 8.00. The maximum Gasteiger partial charge on any atom is 0.119 e. The van der Waals surface area contributed by atoms with Crippen molar-refractivity contribution in [3.63, 3.8) is 0 Å². The van der Waals surface area contributed by atoms with Crippen LogP contribution in [0.2, 0.25) is 0 Å². The first-order valence-electron chi connectivity index (χ1n) is 7.31. The van der Waals surface area contributed by atoms with Crippen molar-refractivity contribution in [2.75, 3.05) is 12.4 Å². The molecule has 0 amide bonds. The molecular formula is C16H25NO2S. The second kappa shape index (κ2) is 7.34. The van der Waals surface area contributed by atoms with E-state index in [2.05, 4.69) is 19.1 Å². The molecule has 0 saturated carbocycles. The first-order valence-corrected chi connectivity index (χ1v) is 8.36. The molecule has 3 unspecified atom stereocenters. The molecule has 2 rings (SSSR count). The number of thioether (sulfide) groups is 1. The highest BCUT2D eigenvalue weighted by Crippen LogP contribution is 2.29. The van der Waals surface area contributed by atoms with Gasteiger partial charge in [-0.25, -0.2) is 0 Å². The van der Waals surface area contributed by atoms with Crippen molar-refractivity contribution in [3.8, 4) is 5.75 Å². The Morgan fingerprint density at radius 2 is 2.05 bits per heavy atom. The zero-order valence-corrected chi connectivity index (χ0v) is 13.4. The minimum absolute atomic E-state index is 0.0703. The van der Waals surface area contributed by atoms with E-state index in [0.29, 0.717) is 11.4 Å². The lowest BCUT2D eigenvalue weighted by Crippen LogP contribution is -2.19. The molecule has 3 atom stereocenters. The molecule has 1 aromatic carbocycles. The Labute approximate surface area is 126 Å². The Hall–Kier alpha value is -0.710. The highest BCUT2D eigenvalue weighted by Gasteiger charge is 2.25. The van der Waals surface area contributed by atoms with Crippen molar-refractivity contribution < 1.29 is 9.47 Å². The summed E-state index contributed by atoms with van der Waals surface area (Å²) in [5, 5.41) is 0.588. The van der Waals surface area contributed by atoms with Gasteiger partial charge in [0.1, 0.15) is 5.75 Å². The molecular weight excluding hydrogens is 270 g/mol. The molecule has 4 heteroatoms. The Morgan fingerprint density at radius 3 is 2.60 bits per heavy atom. The molecule has 0 aliphatic carbocycles. The highest BCUT2D eigenvalue weighted by atomic mass is 32.2. The molecule has 1 heterocycles. The Bertz CT molecular complexity index is 407. The van der Waals surface area contributed by atoms with Gasteiger partial charge < -0.3 is 15.2 Å². The van der Waals surface area contributed by atoms with Gasteiger partial charge in [0.2, 0.25) is 0 Å². The number of hydrogen-bond acceptors (Lipinski definition) is 4. The quantitative estimate of drug-likeness (QED) is 0.874. The third-order valence-corrected chi connectivity index (χ3v) is 5.08. The second-order valence-electron chi connectivity index (χ2n) is 5.58. The SMILES string of the molecule is CC(C)Oc1ccc(C(N)CSC2CCOC2C)cc1. The monoisotopic (exact) mass is 295 g/mol. The van der Waals surface area contributed by atoms with Crippen LogP contribution in [-0.2, 0) is 4.74 Å². The minimum atomic E-state index is 0.0703. The van der Waals surface area contributed by atoms with E-state index in [9.17, 15) is 0 Å². The summed E-state index contributed by atoms with van der Waals surface area (Å²) in [4.78, 5) is 0. The summed E-state index contributed by atoms with van der Waals surface area (Å²) in [6, 6.07) is 8.21. The van der Waals surface area contributed by atoms with Crippen LogP contribution in [0.1, 0.15) is 38.8 Å². The topological polar surface area (TPSA) is 44.5 Å². The van der Waals surface area contributed by atoms with Crippen LogP contribution >= 0.6 is 11.8 Å². The predicted octanol–water partition coefficient (Wildman–Crippen LogP) is 3.38. The average Bonchev–Trinajstić information content (AvgIpc) is 2.82. The summed E-state index contributed by atoms with van der Waals surface area (Å²) in [5.74, 6) is 1.84. The van der Waals surface area contributed by atoms with Gasteiger partial charge in [0.05, 0.1) is 12.2 Å². The largest absolute Gasteiger partial charge is 0.491 e. The van der Waals surface area contributed by atoms with Gasteiger partial charge in [-0.05, 0) is 44.9 Å². The van der Waals surface area contributed by atoms with Gasteiger partial charge in [-0.15, -0.1) is 0 Å². The lowest BCUT2D eigenvalue weighted by molar-refractivity contribution is 0.127. The summed E-state index contributed by atoms with van der Waals surface area (Å²) in [6.45, 7) is 7.09. The van der Waals surface area contributed by atoms with Gasteiger partial charge in [-0.3, -0.25) is 0 Å². The van der Waals surface area contributed by atoms with E-state index in [1.54, 1.807) is 0 Å². The maximum absolute atomic E-state index is 6.27. The fourth-order valence-corrected chi connectivity index (χ4v) is 3.58. The Morgan fingerprint density at radius 1 is 1.35 bits per heavy atom. The van der Waals surface area contributed by atoms with Crippen LogP contribution in [0.15, 0.2) is 24.3 Å². The van der Waals surface area contributed by atoms with Crippen molar-refractivity contribution >= 4 is 11.8 Å². The molecule has 1 fully saturated rings. The molecule has 20 heavy (non-hydrogen) atoms. The number of nitrogens with two attached hydrogens (primary N) is 1. The van der Waals surface area contributed by atoms with E-state index in [-0.39, 0.29) is 12.1 Å². The lowest BCUT2D eigenvalue weighted by Gasteiger charge is -2.18. The van der Waals surface area contributed by atoms with E-state index in [0.717, 1.165) is 24.5 Å². The smallest absolute Gasteiger partial charge is 0.119 e. The van der Waals surface area contributed by atoms with Gasteiger partial charge in [0.15, 0.2) is 0 Å². The fourth-order valence-electron chi connectivity index (χ4n) is 2.32. The summed E-state index contributed by atoms with van der Waals surface area (Å²) in [6.07, 6.45) is 1.70. The predicted molar refractivity (Wildman–Crippen MR) is 85.4 cm³/mol. The van der Waals surface area contributed by atoms with Gasteiger partial charge in [0.25, 0.3) is 0 Å². The maximum atomic E-state index is 6.27. The molecule has 1 aliphatic heterocycles. The van der Waals surface area contributed by atoms with Gasteiger partial charge in [-0.1, -0.05) is 12.1 Å². The molecule has 1 aliphatic rings. The van der Waals surface area contributed by atoms with Crippen LogP contribution in [0, 0.1) is 0 Å². The van der Waals surface area contributed by atoms with Crippen LogP contribution in [0.5, 0.6) is 5.75 Å². The normalized spacial score (nSPS) is 24.1. The summed E-state index contributed by atoms with van der Waals surface area (Å²) in [5.41, 5.74) is 7.43. The summed E-state index contributed by atoms with van der Waals surface area (Å²) in [7, 11) is 0. The van der Waals surface area contributed by atoms with Crippen molar-refractivity contribution in [1.29, 1.82) is 0 Å². The number of hydrogen-bond donors (Lipinski definition) is 1. The van der Waals surface area contributed by atoms with E-state index in [1.807, 2.05) is 37.7 Å². The molecule has 3 nitrogen and oxygen atoms in total. The van der Waals surface area contributed by atoms with E-state index in [1.165, 1.54) is 5.56 Å². The van der Waals surface area contributed by atoms with Gasteiger partial charge in [0, 0.05) is 23.7 Å². The average molecular weight is 295 g/mol. The third kappa shape index (κ3) is 4.40. The summed E-state index contributed by atoms with van der Waals surface area (Å²) >= 11 is 1.93.